The highest BCUT2D eigenvalue weighted by Gasteiger charge is 2.29. The molecule has 1 aliphatic carbocycles. The number of nitrogens with two attached hydrogens (primary N) is 1. The second kappa shape index (κ2) is 3.30. The fourth-order valence-corrected chi connectivity index (χ4v) is 1.57. The van der Waals surface area contributed by atoms with Crippen molar-refractivity contribution in [3.63, 3.8) is 0 Å². The van der Waals surface area contributed by atoms with Crippen LogP contribution in [0, 0.1) is 5.82 Å². The van der Waals surface area contributed by atoms with Crippen molar-refractivity contribution < 1.29 is 8.81 Å². The van der Waals surface area contributed by atoms with Crippen LogP contribution in [0.5, 0.6) is 0 Å². The molecule has 1 aliphatic rings. The predicted octanol–water partition coefficient (Wildman–Crippen LogP) is 2.34. The minimum absolute atomic E-state index is 0.311. The van der Waals surface area contributed by atoms with E-state index in [1.54, 1.807) is 6.07 Å². The van der Waals surface area contributed by atoms with Crippen LogP contribution in [0.2, 0.25) is 0 Å². The van der Waals surface area contributed by atoms with Gasteiger partial charge in [0.05, 0.1) is 5.56 Å². The van der Waals surface area contributed by atoms with Gasteiger partial charge in [0.15, 0.2) is 0 Å². The van der Waals surface area contributed by atoms with Gasteiger partial charge in [0.25, 0.3) is 0 Å². The molecule has 0 amide bonds. The Morgan fingerprint density at radius 1 is 1.31 bits per heavy atom. The summed E-state index contributed by atoms with van der Waals surface area (Å²) in [4.78, 5) is 0. The topological polar surface area (TPSA) is 64.9 Å². The van der Waals surface area contributed by atoms with E-state index in [4.69, 9.17) is 10.2 Å². The van der Waals surface area contributed by atoms with Crippen LogP contribution in [-0.2, 0) is 0 Å². The van der Waals surface area contributed by atoms with Gasteiger partial charge in [0, 0.05) is 11.6 Å². The van der Waals surface area contributed by atoms with Gasteiger partial charge in [-0.05, 0) is 31.0 Å². The summed E-state index contributed by atoms with van der Waals surface area (Å²) in [7, 11) is 0. The number of hydrogen-bond donors (Lipinski definition) is 1. The summed E-state index contributed by atoms with van der Waals surface area (Å²) in [5.74, 6) is 1.05. The molecular formula is C11H10FN3O. The molecule has 1 heterocycles. The highest BCUT2D eigenvalue weighted by Crippen LogP contribution is 2.40. The molecule has 0 spiro atoms. The van der Waals surface area contributed by atoms with Crippen molar-refractivity contribution in [3.8, 4) is 11.5 Å². The first-order valence-electron chi connectivity index (χ1n) is 5.13. The number of aromatic nitrogens is 2. The van der Waals surface area contributed by atoms with Crippen molar-refractivity contribution in [2.75, 3.05) is 5.73 Å². The third-order valence-corrected chi connectivity index (χ3v) is 2.61. The van der Waals surface area contributed by atoms with Gasteiger partial charge >= 0.3 is 0 Å². The third-order valence-electron chi connectivity index (χ3n) is 2.61. The SMILES string of the molecule is Nc1cc(F)ccc1-c1nnc(C2CC2)o1. The van der Waals surface area contributed by atoms with Gasteiger partial charge < -0.3 is 10.2 Å². The van der Waals surface area contributed by atoms with E-state index in [1.807, 2.05) is 0 Å². The predicted molar refractivity (Wildman–Crippen MR) is 56.1 cm³/mol. The van der Waals surface area contributed by atoms with Crippen LogP contribution < -0.4 is 5.73 Å². The van der Waals surface area contributed by atoms with Crippen molar-refractivity contribution in [2.45, 2.75) is 18.8 Å². The lowest BCUT2D eigenvalue weighted by atomic mass is 10.2. The first-order chi connectivity index (χ1) is 7.74. The lowest BCUT2D eigenvalue weighted by molar-refractivity contribution is 0.508. The molecule has 5 heteroatoms. The van der Waals surface area contributed by atoms with E-state index in [9.17, 15) is 4.39 Å². The number of benzene rings is 1. The summed E-state index contributed by atoms with van der Waals surface area (Å²) in [5, 5.41) is 7.87. The van der Waals surface area contributed by atoms with Crippen LogP contribution in [0.4, 0.5) is 10.1 Å². The second-order valence-corrected chi connectivity index (χ2v) is 3.95. The molecule has 3 rings (SSSR count). The second-order valence-electron chi connectivity index (χ2n) is 3.95. The Morgan fingerprint density at radius 3 is 2.81 bits per heavy atom. The number of nitrogens with zero attached hydrogens (tertiary/aromatic N) is 2. The van der Waals surface area contributed by atoms with Crippen LogP contribution in [0.15, 0.2) is 22.6 Å². The maximum absolute atomic E-state index is 12.9. The van der Waals surface area contributed by atoms with E-state index >= 15 is 0 Å². The summed E-state index contributed by atoms with van der Waals surface area (Å²) in [6, 6.07) is 4.12. The molecule has 1 fully saturated rings. The molecule has 1 saturated carbocycles. The first kappa shape index (κ1) is 9.33. The molecule has 0 unspecified atom stereocenters. The molecule has 4 nitrogen and oxygen atoms in total. The van der Waals surface area contributed by atoms with Crippen LogP contribution in [-0.4, -0.2) is 10.2 Å². The number of rotatable bonds is 2. The van der Waals surface area contributed by atoms with Crippen LogP contribution in [0.25, 0.3) is 11.5 Å². The third kappa shape index (κ3) is 1.54. The van der Waals surface area contributed by atoms with E-state index in [0.29, 0.717) is 29.0 Å². The fraction of sp³-hybridized carbons (Fsp3) is 0.273. The van der Waals surface area contributed by atoms with E-state index in [2.05, 4.69) is 10.2 Å². The van der Waals surface area contributed by atoms with Crippen LogP contribution >= 0.6 is 0 Å². The monoisotopic (exact) mass is 219 g/mol. The number of hydrogen-bond acceptors (Lipinski definition) is 4. The largest absolute Gasteiger partial charge is 0.420 e. The van der Waals surface area contributed by atoms with E-state index < -0.39 is 0 Å². The molecule has 0 aliphatic heterocycles. The fourth-order valence-electron chi connectivity index (χ4n) is 1.57. The standard InChI is InChI=1S/C11H10FN3O/c12-7-3-4-8(9(13)5-7)11-15-14-10(16-11)6-1-2-6/h3-6H,1-2,13H2. The maximum atomic E-state index is 12.9. The average Bonchev–Trinajstić information content (AvgIpc) is 2.98. The number of halogens is 1. The van der Waals surface area contributed by atoms with E-state index in [1.165, 1.54) is 12.1 Å². The smallest absolute Gasteiger partial charge is 0.249 e. The Bertz CT molecular complexity index is 534. The summed E-state index contributed by atoms with van der Waals surface area (Å²) >= 11 is 0. The van der Waals surface area contributed by atoms with E-state index in [-0.39, 0.29) is 5.82 Å². The quantitative estimate of drug-likeness (QED) is 0.787. The van der Waals surface area contributed by atoms with Gasteiger partial charge in [0.2, 0.25) is 11.8 Å². The minimum Gasteiger partial charge on any atom is -0.420 e. The molecule has 0 bridgehead atoms. The Balaban J connectivity index is 2.00. The summed E-state index contributed by atoms with van der Waals surface area (Å²) in [6.07, 6.45) is 2.20. The zero-order valence-corrected chi connectivity index (χ0v) is 8.48. The zero-order valence-electron chi connectivity index (χ0n) is 8.48. The van der Waals surface area contributed by atoms with Crippen molar-refractivity contribution in [2.24, 2.45) is 0 Å². The molecule has 0 atom stereocenters. The summed E-state index contributed by atoms with van der Waals surface area (Å²) in [5.41, 5.74) is 6.58. The lowest BCUT2D eigenvalue weighted by Crippen LogP contribution is -1.91. The average molecular weight is 219 g/mol. The molecule has 1 aromatic carbocycles. The molecular weight excluding hydrogens is 209 g/mol. The van der Waals surface area contributed by atoms with E-state index in [0.717, 1.165) is 12.8 Å². The van der Waals surface area contributed by atoms with Gasteiger partial charge in [-0.25, -0.2) is 4.39 Å². The Morgan fingerprint density at radius 2 is 2.12 bits per heavy atom. The van der Waals surface area contributed by atoms with Gasteiger partial charge in [-0.2, -0.15) is 0 Å². The molecule has 1 aromatic heterocycles. The molecule has 0 saturated heterocycles. The summed E-state index contributed by atoms with van der Waals surface area (Å²) < 4.78 is 18.3. The van der Waals surface area contributed by atoms with Crippen molar-refractivity contribution in [3.05, 3.63) is 29.9 Å². The van der Waals surface area contributed by atoms with Gasteiger partial charge in [-0.1, -0.05) is 0 Å². The van der Waals surface area contributed by atoms with Crippen molar-refractivity contribution in [1.29, 1.82) is 0 Å². The van der Waals surface area contributed by atoms with Gasteiger partial charge in [0.1, 0.15) is 5.82 Å². The molecule has 16 heavy (non-hydrogen) atoms. The Hall–Kier alpha value is -1.91. The van der Waals surface area contributed by atoms with Crippen LogP contribution in [0.1, 0.15) is 24.7 Å². The Kier molecular flexibility index (Phi) is 1.92. The Labute approximate surface area is 91.3 Å². The minimum atomic E-state index is -0.372. The van der Waals surface area contributed by atoms with Crippen LogP contribution in [0.3, 0.4) is 0 Å². The van der Waals surface area contributed by atoms with Crippen molar-refractivity contribution >= 4 is 5.69 Å². The first-order valence-corrected chi connectivity index (χ1v) is 5.13. The maximum Gasteiger partial charge on any atom is 0.249 e. The highest BCUT2D eigenvalue weighted by molar-refractivity contribution is 5.69. The molecule has 2 N–H and O–H groups in total. The molecule has 82 valence electrons. The van der Waals surface area contributed by atoms with Crippen molar-refractivity contribution in [1.82, 2.24) is 10.2 Å². The van der Waals surface area contributed by atoms with Gasteiger partial charge in [-0.3, -0.25) is 0 Å². The van der Waals surface area contributed by atoms with Gasteiger partial charge in [-0.15, -0.1) is 10.2 Å². The zero-order chi connectivity index (χ0) is 11.1. The number of anilines is 1. The molecule has 2 aromatic rings. The molecule has 0 radical (unpaired) electrons. The normalized spacial score (nSPS) is 15.3. The summed E-state index contributed by atoms with van der Waals surface area (Å²) in [6.45, 7) is 0. The lowest BCUT2D eigenvalue weighted by Gasteiger charge is -1.99. The highest BCUT2D eigenvalue weighted by atomic mass is 19.1. The number of nitrogen functional groups attached to an aromatic ring is 1.